The fourth-order valence-electron chi connectivity index (χ4n) is 6.77. The first kappa shape index (κ1) is 27.0. The number of nitrogens with one attached hydrogen (secondary N) is 2. The van der Waals surface area contributed by atoms with Crippen molar-refractivity contribution in [1.82, 2.24) is 15.5 Å². The van der Waals surface area contributed by atoms with Crippen LogP contribution < -0.4 is 10.6 Å². The average molecular weight is 516 g/mol. The van der Waals surface area contributed by atoms with Gasteiger partial charge in [0, 0.05) is 17.8 Å². The molecular formula is C28H41N3O4S. The van der Waals surface area contributed by atoms with Crippen LogP contribution in [0.25, 0.3) is 0 Å². The van der Waals surface area contributed by atoms with Crippen molar-refractivity contribution in [2.75, 3.05) is 6.61 Å². The summed E-state index contributed by atoms with van der Waals surface area (Å²) >= 11 is 1.67. The summed E-state index contributed by atoms with van der Waals surface area (Å²) in [7, 11) is 0. The van der Waals surface area contributed by atoms with Gasteiger partial charge in [-0.2, -0.15) is 0 Å². The Morgan fingerprint density at radius 2 is 1.89 bits per heavy atom. The van der Waals surface area contributed by atoms with E-state index < -0.39 is 28.7 Å². The second-order valence-electron chi connectivity index (χ2n) is 11.2. The monoisotopic (exact) mass is 515 g/mol. The van der Waals surface area contributed by atoms with Crippen molar-refractivity contribution in [3.63, 3.8) is 0 Å². The van der Waals surface area contributed by atoms with Gasteiger partial charge in [0.1, 0.15) is 6.04 Å². The molecule has 0 saturated carbocycles. The lowest BCUT2D eigenvalue weighted by Crippen LogP contribution is -2.60. The predicted octanol–water partition coefficient (Wildman–Crippen LogP) is 2.96. The zero-order chi connectivity index (χ0) is 26.2. The van der Waals surface area contributed by atoms with Crippen LogP contribution in [-0.2, 0) is 20.9 Å². The Morgan fingerprint density at radius 1 is 1.19 bits per heavy atom. The Morgan fingerprint density at radius 3 is 2.50 bits per heavy atom. The number of rotatable bonds is 10. The summed E-state index contributed by atoms with van der Waals surface area (Å²) < 4.78 is -0.672. The first-order chi connectivity index (χ1) is 17.2. The van der Waals surface area contributed by atoms with Crippen LogP contribution in [0.15, 0.2) is 30.3 Å². The van der Waals surface area contributed by atoms with Crippen LogP contribution in [0.2, 0.25) is 0 Å². The van der Waals surface area contributed by atoms with Crippen molar-refractivity contribution in [2.45, 2.75) is 88.5 Å². The number of nitrogens with zero attached hydrogens (tertiary/aromatic N) is 1. The third kappa shape index (κ3) is 4.44. The molecule has 3 aliphatic rings. The molecule has 0 aromatic heterocycles. The third-order valence-corrected chi connectivity index (χ3v) is 10.5. The Kier molecular flexibility index (Phi) is 8.05. The number of thioether (sulfide) groups is 1. The highest BCUT2D eigenvalue weighted by atomic mass is 32.2. The van der Waals surface area contributed by atoms with Gasteiger partial charge in [-0.05, 0) is 37.2 Å². The Balaban J connectivity index is 1.68. The number of benzene rings is 1. The van der Waals surface area contributed by atoms with Crippen LogP contribution in [0, 0.1) is 23.7 Å². The molecule has 1 aromatic rings. The number of aliphatic hydroxyl groups excluding tert-OH is 1. The topological polar surface area (TPSA) is 98.7 Å². The van der Waals surface area contributed by atoms with Gasteiger partial charge in [0.15, 0.2) is 0 Å². The van der Waals surface area contributed by atoms with E-state index in [2.05, 4.69) is 24.5 Å². The Hall–Kier alpha value is -2.06. The third-order valence-electron chi connectivity index (χ3n) is 8.47. The smallest absolute Gasteiger partial charge is 0.244 e. The van der Waals surface area contributed by atoms with Gasteiger partial charge >= 0.3 is 0 Å². The number of carbonyl (C=O) groups excluding carboxylic acids is 3. The van der Waals surface area contributed by atoms with E-state index >= 15 is 0 Å². The number of aliphatic hydroxyl groups is 1. The lowest BCUT2D eigenvalue weighted by atomic mass is 9.65. The first-order valence-corrected chi connectivity index (χ1v) is 14.3. The predicted molar refractivity (Wildman–Crippen MR) is 142 cm³/mol. The molecule has 1 aromatic carbocycles. The second kappa shape index (κ2) is 10.7. The summed E-state index contributed by atoms with van der Waals surface area (Å²) in [6, 6.07) is 8.56. The highest BCUT2D eigenvalue weighted by molar-refractivity contribution is 8.02. The van der Waals surface area contributed by atoms with Crippen LogP contribution in [-0.4, -0.2) is 62.5 Å². The van der Waals surface area contributed by atoms with E-state index in [-0.39, 0.29) is 47.5 Å². The van der Waals surface area contributed by atoms with Crippen LogP contribution in [0.1, 0.15) is 59.4 Å². The summed E-state index contributed by atoms with van der Waals surface area (Å²) in [6.45, 7) is 10.3. The molecule has 8 heteroatoms. The van der Waals surface area contributed by atoms with Gasteiger partial charge in [-0.15, -0.1) is 11.8 Å². The molecular weight excluding hydrogens is 474 g/mol. The zero-order valence-electron chi connectivity index (χ0n) is 22.1. The normalized spacial score (nSPS) is 32.5. The van der Waals surface area contributed by atoms with E-state index in [1.807, 2.05) is 51.1 Å². The second-order valence-corrected chi connectivity index (χ2v) is 12.7. The molecule has 3 saturated heterocycles. The zero-order valence-corrected chi connectivity index (χ0v) is 22.9. The summed E-state index contributed by atoms with van der Waals surface area (Å²) in [4.78, 5) is 43.3. The summed E-state index contributed by atoms with van der Waals surface area (Å²) in [5.41, 5.74) is 1.01. The summed E-state index contributed by atoms with van der Waals surface area (Å²) in [5.74, 6) is -1.41. The number of amides is 3. The van der Waals surface area contributed by atoms with Gasteiger partial charge < -0.3 is 20.6 Å². The number of hydrogen-bond acceptors (Lipinski definition) is 5. The van der Waals surface area contributed by atoms with E-state index in [0.717, 1.165) is 24.8 Å². The minimum atomic E-state index is -0.703. The molecule has 3 heterocycles. The number of fused-ring (bicyclic) bond motifs is 1. The SMILES string of the molecule is CCCC(C)NC(=O)C1N([C@@H](CO)C(C)C)C(=O)[C@@H]2[C@H](C(=O)NCc3ccccc3)[C@@H]3CC(C)C12S3. The fraction of sp³-hybridized carbons (Fsp3) is 0.679. The van der Waals surface area contributed by atoms with Crippen LogP contribution in [0.5, 0.6) is 0 Å². The largest absolute Gasteiger partial charge is 0.394 e. The molecule has 4 rings (SSSR count). The molecule has 3 amide bonds. The standard InChI is InChI=1S/C28H41N3O4S/c1-6-10-18(5)30-26(34)24-28-17(4)13-21(36-28)22(25(33)29-14-19-11-8-7-9-12-19)23(28)27(35)31(24)20(15-32)16(2)3/h7-9,11-12,16-18,20-24,32H,6,10,13-15H2,1-5H3,(H,29,33)(H,30,34)/t17?,18?,20-,21-,22+,23-,24?,28?/m0/s1. The van der Waals surface area contributed by atoms with Crippen molar-refractivity contribution < 1.29 is 19.5 Å². The highest BCUT2D eigenvalue weighted by Gasteiger charge is 2.76. The molecule has 4 unspecified atom stereocenters. The lowest BCUT2D eigenvalue weighted by Gasteiger charge is -2.41. The molecule has 3 N–H and O–H groups in total. The number of likely N-dealkylation sites (tertiary alicyclic amines) is 1. The van der Waals surface area contributed by atoms with E-state index in [1.54, 1.807) is 16.7 Å². The van der Waals surface area contributed by atoms with Crippen LogP contribution in [0.4, 0.5) is 0 Å². The Bertz CT molecular complexity index is 973. The van der Waals surface area contributed by atoms with Gasteiger partial charge in [-0.3, -0.25) is 14.4 Å². The molecule has 2 bridgehead atoms. The maximum atomic E-state index is 14.2. The lowest BCUT2D eigenvalue weighted by molar-refractivity contribution is -0.143. The van der Waals surface area contributed by atoms with Crippen molar-refractivity contribution in [1.29, 1.82) is 0 Å². The van der Waals surface area contributed by atoms with E-state index in [0.29, 0.717) is 6.54 Å². The van der Waals surface area contributed by atoms with E-state index in [4.69, 9.17) is 0 Å². The first-order valence-electron chi connectivity index (χ1n) is 13.4. The molecule has 3 fully saturated rings. The maximum Gasteiger partial charge on any atom is 0.244 e. The van der Waals surface area contributed by atoms with E-state index in [9.17, 15) is 19.5 Å². The van der Waals surface area contributed by atoms with Crippen molar-refractivity contribution in [3.05, 3.63) is 35.9 Å². The molecule has 198 valence electrons. The maximum absolute atomic E-state index is 14.2. The van der Waals surface area contributed by atoms with Gasteiger partial charge in [0.25, 0.3) is 0 Å². The minimum absolute atomic E-state index is 0.00173. The van der Waals surface area contributed by atoms with Crippen molar-refractivity contribution in [2.24, 2.45) is 23.7 Å². The molecule has 0 radical (unpaired) electrons. The average Bonchev–Trinajstić information content (AvgIpc) is 3.42. The molecule has 0 aliphatic carbocycles. The minimum Gasteiger partial charge on any atom is -0.394 e. The van der Waals surface area contributed by atoms with E-state index in [1.165, 1.54) is 0 Å². The Labute approximate surface area is 219 Å². The van der Waals surface area contributed by atoms with Crippen molar-refractivity contribution in [3.8, 4) is 0 Å². The van der Waals surface area contributed by atoms with Gasteiger partial charge in [0.2, 0.25) is 17.7 Å². The quantitative estimate of drug-likeness (QED) is 0.445. The molecule has 3 aliphatic heterocycles. The molecule has 7 nitrogen and oxygen atoms in total. The molecule has 8 atom stereocenters. The van der Waals surface area contributed by atoms with Crippen LogP contribution in [0.3, 0.4) is 0 Å². The van der Waals surface area contributed by atoms with Gasteiger partial charge in [0.05, 0.1) is 29.2 Å². The summed E-state index contributed by atoms with van der Waals surface area (Å²) in [6.07, 6.45) is 2.60. The van der Waals surface area contributed by atoms with Crippen molar-refractivity contribution >= 4 is 29.5 Å². The van der Waals surface area contributed by atoms with Gasteiger partial charge in [-0.1, -0.05) is 64.4 Å². The molecule has 1 spiro atoms. The van der Waals surface area contributed by atoms with Gasteiger partial charge in [-0.25, -0.2) is 0 Å². The number of carbonyl (C=O) groups is 3. The molecule has 36 heavy (non-hydrogen) atoms. The summed E-state index contributed by atoms with van der Waals surface area (Å²) in [5, 5.41) is 16.5. The fourth-order valence-corrected chi connectivity index (χ4v) is 9.17. The highest BCUT2D eigenvalue weighted by Crippen LogP contribution is 2.68. The number of hydrogen-bond donors (Lipinski definition) is 3. The van der Waals surface area contributed by atoms with Crippen LogP contribution >= 0.6 is 11.8 Å².